The van der Waals surface area contributed by atoms with Crippen LogP contribution in [0.2, 0.25) is 0 Å². The van der Waals surface area contributed by atoms with E-state index in [-0.39, 0.29) is 17.3 Å². The minimum absolute atomic E-state index is 0.153. The third-order valence-corrected chi connectivity index (χ3v) is 5.44. The molecule has 2 rings (SSSR count). The molecule has 1 aliphatic rings. The summed E-state index contributed by atoms with van der Waals surface area (Å²) in [6.45, 7) is 11.1. The summed E-state index contributed by atoms with van der Waals surface area (Å²) in [5, 5.41) is 9.62. The van der Waals surface area contributed by atoms with Crippen LogP contribution >= 0.6 is 0 Å². The molecule has 0 aromatic heterocycles. The van der Waals surface area contributed by atoms with E-state index in [1.54, 1.807) is 0 Å². The molecule has 0 saturated heterocycles. The lowest BCUT2D eigenvalue weighted by Crippen LogP contribution is -2.34. The summed E-state index contributed by atoms with van der Waals surface area (Å²) in [6, 6.07) is 6.31. The van der Waals surface area contributed by atoms with Gasteiger partial charge in [-0.3, -0.25) is 4.79 Å². The van der Waals surface area contributed by atoms with Crippen molar-refractivity contribution in [3.8, 4) is 0 Å². The molecule has 1 aromatic carbocycles. The van der Waals surface area contributed by atoms with Gasteiger partial charge < -0.3 is 5.11 Å². The van der Waals surface area contributed by atoms with Gasteiger partial charge in [-0.15, -0.1) is 0 Å². The van der Waals surface area contributed by atoms with Crippen LogP contribution in [0.25, 0.3) is 0 Å². The van der Waals surface area contributed by atoms with Crippen molar-refractivity contribution in [2.45, 2.75) is 59.8 Å². The molecule has 1 aromatic rings. The monoisotopic (exact) mass is 288 g/mol. The first-order valence-corrected chi connectivity index (χ1v) is 8.00. The molecule has 1 fully saturated rings. The third-order valence-electron chi connectivity index (χ3n) is 5.44. The number of hydrogen-bond donors (Lipinski definition) is 1. The summed E-state index contributed by atoms with van der Waals surface area (Å²) in [6.07, 6.45) is 2.82. The van der Waals surface area contributed by atoms with E-state index < -0.39 is 5.97 Å². The van der Waals surface area contributed by atoms with Crippen LogP contribution in [0.3, 0.4) is 0 Å². The maximum absolute atomic E-state index is 11.7. The Kier molecular flexibility index (Phi) is 4.46. The Hall–Kier alpha value is -1.31. The number of carboxylic acids is 1. The van der Waals surface area contributed by atoms with Crippen molar-refractivity contribution in [2.24, 2.45) is 17.3 Å². The molecular formula is C19H28O2. The molecule has 0 heterocycles. The zero-order valence-corrected chi connectivity index (χ0v) is 13.9. The van der Waals surface area contributed by atoms with Crippen LogP contribution in [-0.4, -0.2) is 11.1 Å². The average molecular weight is 288 g/mol. The molecule has 0 radical (unpaired) electrons. The minimum Gasteiger partial charge on any atom is -0.481 e. The highest BCUT2D eigenvalue weighted by molar-refractivity contribution is 5.71. The van der Waals surface area contributed by atoms with E-state index in [1.165, 1.54) is 16.7 Å². The number of aryl methyl sites for hydroxylation is 1. The van der Waals surface area contributed by atoms with Crippen LogP contribution in [0.5, 0.6) is 0 Å². The predicted octanol–water partition coefficient (Wildman–Crippen LogP) is 4.93. The quantitative estimate of drug-likeness (QED) is 0.837. The van der Waals surface area contributed by atoms with Gasteiger partial charge in [-0.25, -0.2) is 0 Å². The largest absolute Gasteiger partial charge is 0.481 e. The van der Waals surface area contributed by atoms with Crippen LogP contribution in [0, 0.1) is 31.1 Å². The minimum atomic E-state index is -0.631. The van der Waals surface area contributed by atoms with Crippen molar-refractivity contribution in [2.75, 3.05) is 0 Å². The fourth-order valence-electron chi connectivity index (χ4n) is 3.77. The van der Waals surface area contributed by atoms with Crippen molar-refractivity contribution in [3.05, 3.63) is 34.9 Å². The second-order valence-corrected chi connectivity index (χ2v) is 7.72. The summed E-state index contributed by atoms with van der Waals surface area (Å²) in [4.78, 5) is 11.7. The second kappa shape index (κ2) is 5.82. The molecule has 2 heteroatoms. The molecule has 2 nitrogen and oxygen atoms in total. The van der Waals surface area contributed by atoms with Crippen LogP contribution in [0.1, 0.15) is 62.6 Å². The van der Waals surface area contributed by atoms with Crippen molar-refractivity contribution < 1.29 is 9.90 Å². The van der Waals surface area contributed by atoms with Gasteiger partial charge in [0.25, 0.3) is 0 Å². The first kappa shape index (κ1) is 16.1. The Bertz CT molecular complexity index is 525. The molecule has 1 N–H and O–H groups in total. The molecule has 21 heavy (non-hydrogen) atoms. The normalized spacial score (nSPS) is 26.6. The summed E-state index contributed by atoms with van der Waals surface area (Å²) < 4.78 is 0. The van der Waals surface area contributed by atoms with E-state index in [4.69, 9.17) is 0 Å². The Labute approximate surface area is 128 Å². The van der Waals surface area contributed by atoms with E-state index in [1.807, 2.05) is 0 Å². The zero-order chi connectivity index (χ0) is 15.8. The van der Waals surface area contributed by atoms with Crippen LogP contribution in [0.4, 0.5) is 0 Å². The zero-order valence-electron chi connectivity index (χ0n) is 13.9. The van der Waals surface area contributed by atoms with E-state index in [0.29, 0.717) is 5.92 Å². The third kappa shape index (κ3) is 3.30. The summed E-state index contributed by atoms with van der Waals surface area (Å²) in [7, 11) is 0. The van der Waals surface area contributed by atoms with Gasteiger partial charge in [0.2, 0.25) is 0 Å². The smallest absolute Gasteiger partial charge is 0.307 e. The van der Waals surface area contributed by atoms with Gasteiger partial charge in [-0.1, -0.05) is 39.0 Å². The molecule has 1 aliphatic carbocycles. The lowest BCUT2D eigenvalue weighted by atomic mass is 9.63. The Balaban J connectivity index is 2.39. The van der Waals surface area contributed by atoms with E-state index in [9.17, 15) is 9.90 Å². The molecule has 0 amide bonds. The van der Waals surface area contributed by atoms with E-state index in [2.05, 4.69) is 52.8 Å². The van der Waals surface area contributed by atoms with E-state index >= 15 is 0 Å². The number of carboxylic acid groups (broad SMARTS) is 1. The van der Waals surface area contributed by atoms with Crippen molar-refractivity contribution in [3.63, 3.8) is 0 Å². The van der Waals surface area contributed by atoms with Crippen molar-refractivity contribution >= 4 is 5.97 Å². The summed E-state index contributed by atoms with van der Waals surface area (Å²) >= 11 is 0. The van der Waals surface area contributed by atoms with Crippen LogP contribution < -0.4 is 0 Å². The van der Waals surface area contributed by atoms with Gasteiger partial charge in [0.1, 0.15) is 0 Å². The van der Waals surface area contributed by atoms with Gasteiger partial charge in [0.05, 0.1) is 5.92 Å². The molecule has 0 bridgehead atoms. The van der Waals surface area contributed by atoms with Crippen LogP contribution in [-0.2, 0) is 4.79 Å². The number of hydrogen-bond acceptors (Lipinski definition) is 1. The number of carbonyl (C=O) groups is 1. The highest BCUT2D eigenvalue weighted by atomic mass is 16.4. The molecule has 0 spiro atoms. The Morgan fingerprint density at radius 3 is 2.43 bits per heavy atom. The highest BCUT2D eigenvalue weighted by Gasteiger charge is 2.40. The maximum atomic E-state index is 11.7. The lowest BCUT2D eigenvalue weighted by Gasteiger charge is -2.41. The fourth-order valence-corrected chi connectivity index (χ4v) is 3.77. The number of benzene rings is 1. The molecule has 1 saturated carbocycles. The van der Waals surface area contributed by atoms with Gasteiger partial charge in [0.15, 0.2) is 0 Å². The Morgan fingerprint density at radius 1 is 1.19 bits per heavy atom. The molecule has 0 aliphatic heterocycles. The summed E-state index contributed by atoms with van der Waals surface area (Å²) in [5.74, 6) is -0.115. The number of aliphatic carboxylic acids is 1. The summed E-state index contributed by atoms with van der Waals surface area (Å²) in [5.41, 5.74) is 4.02. The number of rotatable bonds is 2. The fraction of sp³-hybridized carbons (Fsp3) is 0.632. The van der Waals surface area contributed by atoms with Gasteiger partial charge >= 0.3 is 5.97 Å². The molecular weight excluding hydrogens is 260 g/mol. The predicted molar refractivity (Wildman–Crippen MR) is 86.6 cm³/mol. The van der Waals surface area contributed by atoms with Crippen molar-refractivity contribution in [1.29, 1.82) is 0 Å². The van der Waals surface area contributed by atoms with Gasteiger partial charge in [0, 0.05) is 0 Å². The van der Waals surface area contributed by atoms with E-state index in [0.717, 1.165) is 19.3 Å². The first-order valence-electron chi connectivity index (χ1n) is 8.00. The van der Waals surface area contributed by atoms with Gasteiger partial charge in [-0.2, -0.15) is 0 Å². The first-order chi connectivity index (χ1) is 9.71. The molecule has 3 unspecified atom stereocenters. The van der Waals surface area contributed by atoms with Gasteiger partial charge in [-0.05, 0) is 67.1 Å². The highest BCUT2D eigenvalue weighted by Crippen LogP contribution is 2.47. The topological polar surface area (TPSA) is 37.3 Å². The van der Waals surface area contributed by atoms with Crippen molar-refractivity contribution in [1.82, 2.24) is 0 Å². The standard InChI is InChI=1S/C19H28O2/c1-12-7-6-8-15(13(12)2)17-11-14(19(3,4)5)9-10-16(17)18(20)21/h6-8,14,16-17H,9-11H2,1-5H3,(H,20,21). The lowest BCUT2D eigenvalue weighted by molar-refractivity contribution is -0.144. The Morgan fingerprint density at radius 2 is 1.86 bits per heavy atom. The molecule has 116 valence electrons. The average Bonchev–Trinajstić information content (AvgIpc) is 2.40. The van der Waals surface area contributed by atoms with Crippen LogP contribution in [0.15, 0.2) is 18.2 Å². The second-order valence-electron chi connectivity index (χ2n) is 7.72. The molecule has 3 atom stereocenters. The maximum Gasteiger partial charge on any atom is 0.307 e. The SMILES string of the molecule is Cc1cccc(C2CC(C(C)(C)C)CCC2C(=O)O)c1C.